The molecule has 1 atom stereocenters. The van der Waals surface area contributed by atoms with Crippen molar-refractivity contribution in [2.75, 3.05) is 5.32 Å². The maximum Gasteiger partial charge on any atom is 0.328 e. The highest BCUT2D eigenvalue weighted by atomic mass is 32.1. The Morgan fingerprint density at radius 1 is 0.921 bits per heavy atom. The third-order valence-corrected chi connectivity index (χ3v) is 7.89. The molecule has 38 heavy (non-hydrogen) atoms. The molecule has 0 aliphatic heterocycles. The van der Waals surface area contributed by atoms with Gasteiger partial charge in [-0.2, -0.15) is 0 Å². The number of benzene rings is 3. The Hall–Kier alpha value is -3.72. The zero-order valence-corrected chi connectivity index (χ0v) is 21.8. The van der Waals surface area contributed by atoms with Crippen LogP contribution in [0.15, 0.2) is 78.9 Å². The number of fused-ring (bicyclic) bond motifs is 1. The molecular formula is C30H31N3O4S. The van der Waals surface area contributed by atoms with Gasteiger partial charge in [0.25, 0.3) is 5.91 Å². The molecule has 0 unspecified atom stereocenters. The summed E-state index contributed by atoms with van der Waals surface area (Å²) in [7, 11) is 0. The molecule has 4 N–H and O–H groups in total. The van der Waals surface area contributed by atoms with E-state index in [1.54, 1.807) is 11.5 Å². The van der Waals surface area contributed by atoms with Crippen LogP contribution >= 0.6 is 11.3 Å². The average molecular weight is 530 g/mol. The van der Waals surface area contributed by atoms with Crippen molar-refractivity contribution in [1.82, 2.24) is 10.8 Å². The van der Waals surface area contributed by atoms with Crippen molar-refractivity contribution in [3.63, 3.8) is 0 Å². The van der Waals surface area contributed by atoms with E-state index in [0.29, 0.717) is 18.0 Å². The highest BCUT2D eigenvalue weighted by Crippen LogP contribution is 2.27. The van der Waals surface area contributed by atoms with E-state index in [4.69, 9.17) is 9.94 Å². The normalized spacial score (nSPS) is 14.3. The molecular weight excluding hydrogens is 498 g/mol. The molecule has 1 heterocycles. The minimum absolute atomic E-state index is 0.0230. The van der Waals surface area contributed by atoms with Gasteiger partial charge in [-0.25, -0.2) is 10.3 Å². The lowest BCUT2D eigenvalue weighted by molar-refractivity contribution is -0.151. The fraction of sp³-hybridized carbons (Fsp3) is 0.267. The molecule has 1 aliphatic carbocycles. The first-order valence-corrected chi connectivity index (χ1v) is 13.7. The Morgan fingerprint density at radius 3 is 2.50 bits per heavy atom. The Labute approximate surface area is 225 Å². The van der Waals surface area contributed by atoms with Crippen molar-refractivity contribution < 1.29 is 19.5 Å². The number of esters is 1. The van der Waals surface area contributed by atoms with Gasteiger partial charge in [-0.1, -0.05) is 54.6 Å². The molecule has 1 aromatic heterocycles. The highest BCUT2D eigenvalue weighted by molar-refractivity contribution is 7.20. The summed E-state index contributed by atoms with van der Waals surface area (Å²) in [5, 5.41) is 16.7. The largest absolute Gasteiger partial charge is 0.461 e. The first kappa shape index (κ1) is 25.9. The van der Waals surface area contributed by atoms with Gasteiger partial charge < -0.3 is 10.1 Å². The second-order valence-corrected chi connectivity index (χ2v) is 10.6. The van der Waals surface area contributed by atoms with Crippen molar-refractivity contribution in [3.05, 3.63) is 100 Å². The first-order valence-electron chi connectivity index (χ1n) is 12.9. The monoisotopic (exact) mass is 529 g/mol. The van der Waals surface area contributed by atoms with Gasteiger partial charge in [0.2, 0.25) is 0 Å². The lowest BCUT2D eigenvalue weighted by Crippen LogP contribution is -2.32. The van der Waals surface area contributed by atoms with Crippen LogP contribution in [-0.2, 0) is 22.6 Å². The number of hydrogen-bond donors (Lipinski definition) is 4. The number of carbonyl (C=O) groups is 2. The summed E-state index contributed by atoms with van der Waals surface area (Å²) >= 11 is 1.34. The summed E-state index contributed by atoms with van der Waals surface area (Å²) < 4.78 is 6.82. The van der Waals surface area contributed by atoms with Crippen LogP contribution in [0.1, 0.15) is 58.1 Å². The maximum absolute atomic E-state index is 13.1. The number of ether oxygens (including phenoxy) is 1. The molecule has 0 spiro atoms. The Kier molecular flexibility index (Phi) is 8.33. The van der Waals surface area contributed by atoms with Gasteiger partial charge in [0.05, 0.1) is 4.88 Å². The van der Waals surface area contributed by atoms with E-state index in [0.717, 1.165) is 58.1 Å². The summed E-state index contributed by atoms with van der Waals surface area (Å²) in [4.78, 5) is 25.2. The van der Waals surface area contributed by atoms with Crippen molar-refractivity contribution in [2.45, 2.75) is 50.9 Å². The topological polar surface area (TPSA) is 99.7 Å². The zero-order chi connectivity index (χ0) is 26.3. The molecule has 1 fully saturated rings. The highest BCUT2D eigenvalue weighted by Gasteiger charge is 2.26. The number of amides is 1. The van der Waals surface area contributed by atoms with E-state index in [1.165, 1.54) is 11.3 Å². The summed E-state index contributed by atoms with van der Waals surface area (Å²) in [6, 6.07) is 25.1. The van der Waals surface area contributed by atoms with E-state index in [9.17, 15) is 9.59 Å². The van der Waals surface area contributed by atoms with Crippen molar-refractivity contribution in [3.8, 4) is 0 Å². The third-order valence-electron chi connectivity index (χ3n) is 6.80. The Morgan fingerprint density at radius 2 is 1.71 bits per heavy atom. The van der Waals surface area contributed by atoms with Crippen LogP contribution in [0.3, 0.4) is 0 Å². The van der Waals surface area contributed by atoms with Gasteiger partial charge in [0.15, 0.2) is 0 Å². The van der Waals surface area contributed by atoms with Crippen LogP contribution < -0.4 is 16.1 Å². The van der Waals surface area contributed by atoms with Crippen LogP contribution in [0.25, 0.3) is 10.1 Å². The Balaban J connectivity index is 1.22. The molecule has 1 saturated carbocycles. The fourth-order valence-corrected chi connectivity index (χ4v) is 5.81. The Bertz CT molecular complexity index is 1400. The molecule has 0 bridgehead atoms. The van der Waals surface area contributed by atoms with Crippen LogP contribution in [0.4, 0.5) is 5.69 Å². The summed E-state index contributed by atoms with van der Waals surface area (Å²) in [6.07, 6.45) is 4.14. The number of nitrogens with one attached hydrogen (secondary N) is 3. The lowest BCUT2D eigenvalue weighted by Gasteiger charge is -2.21. The minimum atomic E-state index is -0.524. The first-order chi connectivity index (χ1) is 18.6. The second-order valence-electron chi connectivity index (χ2n) is 9.55. The second kappa shape index (κ2) is 12.2. The van der Waals surface area contributed by atoms with Gasteiger partial charge in [-0.3, -0.25) is 15.3 Å². The quantitative estimate of drug-likeness (QED) is 0.115. The van der Waals surface area contributed by atoms with Crippen LogP contribution in [-0.4, -0.2) is 23.2 Å². The fourth-order valence-electron chi connectivity index (χ4n) is 4.79. The van der Waals surface area contributed by atoms with E-state index >= 15 is 0 Å². The number of hydroxylamine groups is 1. The molecule has 0 radical (unpaired) electrons. The number of anilines is 1. The minimum Gasteiger partial charge on any atom is -0.461 e. The molecule has 8 heteroatoms. The predicted octanol–water partition coefficient (Wildman–Crippen LogP) is 5.95. The van der Waals surface area contributed by atoms with Crippen molar-refractivity contribution >= 4 is 39.0 Å². The van der Waals surface area contributed by atoms with Crippen molar-refractivity contribution in [1.29, 1.82) is 0 Å². The van der Waals surface area contributed by atoms with Crippen LogP contribution in [0.2, 0.25) is 0 Å². The number of thiophene rings is 1. The number of rotatable bonds is 10. The number of hydrogen-bond acceptors (Lipinski definition) is 7. The maximum atomic E-state index is 13.1. The van der Waals surface area contributed by atoms with E-state index in [-0.39, 0.29) is 12.1 Å². The smallest absolute Gasteiger partial charge is 0.328 e. The van der Waals surface area contributed by atoms with Gasteiger partial charge in [-0.05, 0) is 72.0 Å². The van der Waals surface area contributed by atoms with Crippen LogP contribution in [0, 0.1) is 0 Å². The molecule has 1 aliphatic rings. The van der Waals surface area contributed by atoms with Gasteiger partial charge in [0.1, 0.15) is 12.1 Å². The van der Waals surface area contributed by atoms with Gasteiger partial charge in [-0.15, -0.1) is 11.3 Å². The molecule has 0 saturated heterocycles. The standard InChI is InChI=1S/C30H31N3O4S/c34-29(33-36)27-17-23-14-13-21(16-26(23)38-27)18-31-24-10-6-7-20(15-24)19-32-28(22-8-2-1-3-9-22)30(35)37-25-11-4-5-12-25/h1-3,6-10,13-17,25,28,31-32,36H,4-5,11-12,18-19H2,(H,33,34)/t28-/m0/s1. The lowest BCUT2D eigenvalue weighted by atomic mass is 10.1. The molecule has 196 valence electrons. The molecule has 7 nitrogen and oxygen atoms in total. The summed E-state index contributed by atoms with van der Waals surface area (Å²) in [5.74, 6) is -0.724. The zero-order valence-electron chi connectivity index (χ0n) is 21.0. The van der Waals surface area contributed by atoms with E-state index in [1.807, 2.05) is 66.7 Å². The summed E-state index contributed by atoms with van der Waals surface area (Å²) in [5.41, 5.74) is 5.69. The molecule has 4 aromatic rings. The van der Waals surface area contributed by atoms with Crippen LogP contribution in [0.5, 0.6) is 0 Å². The molecule has 3 aromatic carbocycles. The SMILES string of the molecule is O=C(NO)c1cc2ccc(CNc3cccc(CN[C@H](C(=O)OC4CCCC4)c4ccccc4)c3)cc2s1. The van der Waals surface area contributed by atoms with Crippen molar-refractivity contribution in [2.24, 2.45) is 0 Å². The third kappa shape index (κ3) is 6.39. The van der Waals surface area contributed by atoms with E-state index in [2.05, 4.69) is 16.7 Å². The summed E-state index contributed by atoms with van der Waals surface area (Å²) in [6.45, 7) is 1.14. The van der Waals surface area contributed by atoms with Gasteiger partial charge in [0, 0.05) is 23.5 Å². The predicted molar refractivity (Wildman–Crippen MR) is 149 cm³/mol. The average Bonchev–Trinajstić information content (AvgIpc) is 3.62. The van der Waals surface area contributed by atoms with E-state index < -0.39 is 11.9 Å². The van der Waals surface area contributed by atoms with Gasteiger partial charge >= 0.3 is 5.97 Å². The molecule has 5 rings (SSSR count). The number of carbonyl (C=O) groups excluding carboxylic acids is 2. The molecule has 1 amide bonds.